The van der Waals surface area contributed by atoms with Gasteiger partial charge in [0.15, 0.2) is 0 Å². The van der Waals surface area contributed by atoms with E-state index in [2.05, 4.69) is 0 Å². The number of aliphatic carboxylic acids is 1. The van der Waals surface area contributed by atoms with Crippen molar-refractivity contribution in [1.29, 1.82) is 0 Å². The van der Waals surface area contributed by atoms with Crippen LogP contribution < -0.4 is 0 Å². The van der Waals surface area contributed by atoms with Gasteiger partial charge in [0.2, 0.25) is 0 Å². The van der Waals surface area contributed by atoms with Crippen molar-refractivity contribution in [3.63, 3.8) is 0 Å². The van der Waals surface area contributed by atoms with Gasteiger partial charge in [-0.1, -0.05) is 6.92 Å². The van der Waals surface area contributed by atoms with Crippen LogP contribution >= 0.6 is 11.6 Å². The second-order valence-corrected chi connectivity index (χ2v) is 2.62. The highest BCUT2D eigenvalue weighted by Gasteiger charge is 2.29. The van der Waals surface area contributed by atoms with E-state index in [-0.39, 0.29) is 5.88 Å². The second kappa shape index (κ2) is 3.06. The topological polar surface area (TPSA) is 37.3 Å². The number of alkyl halides is 1. The van der Waals surface area contributed by atoms with Gasteiger partial charge < -0.3 is 5.11 Å². The molecule has 0 saturated heterocycles. The van der Waals surface area contributed by atoms with Crippen molar-refractivity contribution in [1.82, 2.24) is 0 Å². The zero-order valence-corrected chi connectivity index (χ0v) is 6.40. The molecule has 0 aromatic heterocycles. The van der Waals surface area contributed by atoms with E-state index in [0.717, 1.165) is 0 Å². The molecule has 0 bridgehead atoms. The van der Waals surface area contributed by atoms with Gasteiger partial charge in [0.05, 0.1) is 5.41 Å². The molecular formula is C6H11ClO2. The number of halogens is 1. The van der Waals surface area contributed by atoms with Crippen molar-refractivity contribution in [3.8, 4) is 0 Å². The highest BCUT2D eigenvalue weighted by Crippen LogP contribution is 2.22. The molecule has 0 aliphatic carbocycles. The fraction of sp³-hybridized carbons (Fsp3) is 0.833. The molecule has 0 saturated carbocycles. The highest BCUT2D eigenvalue weighted by molar-refractivity contribution is 6.19. The maximum absolute atomic E-state index is 10.4. The quantitative estimate of drug-likeness (QED) is 0.623. The van der Waals surface area contributed by atoms with Gasteiger partial charge in [-0.3, -0.25) is 4.79 Å². The molecule has 0 spiro atoms. The summed E-state index contributed by atoms with van der Waals surface area (Å²) >= 11 is 5.42. The lowest BCUT2D eigenvalue weighted by Crippen LogP contribution is -2.28. The molecule has 0 unspecified atom stereocenters. The summed E-state index contributed by atoms with van der Waals surface area (Å²) in [6, 6.07) is 0. The Morgan fingerprint density at radius 2 is 2.22 bits per heavy atom. The van der Waals surface area contributed by atoms with Crippen molar-refractivity contribution in [2.24, 2.45) is 5.41 Å². The van der Waals surface area contributed by atoms with E-state index in [4.69, 9.17) is 16.7 Å². The Balaban J connectivity index is 4.09. The molecule has 0 amide bonds. The third kappa shape index (κ3) is 1.86. The summed E-state index contributed by atoms with van der Waals surface area (Å²) < 4.78 is 0. The molecule has 9 heavy (non-hydrogen) atoms. The first-order chi connectivity index (χ1) is 4.06. The molecule has 0 aromatic carbocycles. The van der Waals surface area contributed by atoms with Crippen LogP contribution in [0.25, 0.3) is 0 Å². The summed E-state index contributed by atoms with van der Waals surface area (Å²) in [5.41, 5.74) is -0.735. The van der Waals surface area contributed by atoms with Crippen LogP contribution in [0.3, 0.4) is 0 Å². The lowest BCUT2D eigenvalue weighted by Gasteiger charge is -2.18. The molecule has 0 aliphatic heterocycles. The Morgan fingerprint density at radius 3 is 2.22 bits per heavy atom. The van der Waals surface area contributed by atoms with Crippen LogP contribution in [0.15, 0.2) is 0 Å². The molecule has 2 nitrogen and oxygen atoms in total. The summed E-state index contributed by atoms with van der Waals surface area (Å²) in [6.07, 6.45) is 0.575. The summed E-state index contributed by atoms with van der Waals surface area (Å²) in [4.78, 5) is 10.4. The maximum atomic E-state index is 10.4. The van der Waals surface area contributed by atoms with Crippen LogP contribution in [-0.4, -0.2) is 17.0 Å². The van der Waals surface area contributed by atoms with E-state index in [1.165, 1.54) is 0 Å². The normalized spacial score (nSPS) is 16.8. The van der Waals surface area contributed by atoms with Gasteiger partial charge in [0.25, 0.3) is 0 Å². The number of carbonyl (C=O) groups is 1. The monoisotopic (exact) mass is 150 g/mol. The zero-order valence-electron chi connectivity index (χ0n) is 5.65. The lowest BCUT2D eigenvalue weighted by atomic mass is 9.90. The minimum absolute atomic E-state index is 0.179. The van der Waals surface area contributed by atoms with Gasteiger partial charge in [-0.15, -0.1) is 11.6 Å². The molecule has 0 radical (unpaired) electrons. The summed E-state index contributed by atoms with van der Waals surface area (Å²) in [5.74, 6) is -0.640. The molecule has 3 heteroatoms. The number of hydrogen-bond donors (Lipinski definition) is 1. The molecular weight excluding hydrogens is 140 g/mol. The van der Waals surface area contributed by atoms with E-state index >= 15 is 0 Å². The highest BCUT2D eigenvalue weighted by atomic mass is 35.5. The standard InChI is InChI=1S/C6H11ClO2/c1-3-6(2,4-7)5(8)9/h3-4H2,1-2H3,(H,8,9)/t6-/m1/s1. The first-order valence-electron chi connectivity index (χ1n) is 2.86. The number of rotatable bonds is 3. The van der Waals surface area contributed by atoms with Crippen LogP contribution in [0.4, 0.5) is 0 Å². The molecule has 1 atom stereocenters. The Bertz CT molecular complexity index is 108. The smallest absolute Gasteiger partial charge is 0.310 e. The fourth-order valence-electron chi connectivity index (χ4n) is 0.303. The van der Waals surface area contributed by atoms with Crippen molar-refractivity contribution >= 4 is 17.6 Å². The predicted molar refractivity (Wildman–Crippen MR) is 36.8 cm³/mol. The second-order valence-electron chi connectivity index (χ2n) is 2.35. The van der Waals surface area contributed by atoms with E-state index < -0.39 is 11.4 Å². The third-order valence-corrected chi connectivity index (χ3v) is 2.18. The number of carboxylic acid groups (broad SMARTS) is 1. The van der Waals surface area contributed by atoms with Crippen molar-refractivity contribution in [3.05, 3.63) is 0 Å². The SMILES string of the molecule is CC[C@](C)(CCl)C(=O)O. The van der Waals surface area contributed by atoms with Crippen molar-refractivity contribution < 1.29 is 9.90 Å². The summed E-state index contributed by atoms with van der Waals surface area (Å²) in [6.45, 7) is 3.46. The zero-order chi connectivity index (χ0) is 7.49. The summed E-state index contributed by atoms with van der Waals surface area (Å²) in [7, 11) is 0. The van der Waals surface area contributed by atoms with Crippen LogP contribution in [-0.2, 0) is 4.79 Å². The van der Waals surface area contributed by atoms with Gasteiger partial charge in [0, 0.05) is 5.88 Å². The Hall–Kier alpha value is -0.240. The van der Waals surface area contributed by atoms with E-state index in [0.29, 0.717) is 6.42 Å². The molecule has 0 fully saturated rings. The van der Waals surface area contributed by atoms with Crippen LogP contribution in [0.5, 0.6) is 0 Å². The van der Waals surface area contributed by atoms with Crippen molar-refractivity contribution in [2.45, 2.75) is 20.3 Å². The van der Waals surface area contributed by atoms with E-state index in [9.17, 15) is 4.79 Å². The van der Waals surface area contributed by atoms with E-state index in [1.54, 1.807) is 6.92 Å². The number of hydrogen-bond acceptors (Lipinski definition) is 1. The van der Waals surface area contributed by atoms with Crippen LogP contribution in [0, 0.1) is 5.41 Å². The number of carboxylic acids is 1. The minimum atomic E-state index is -0.819. The fourth-order valence-corrected chi connectivity index (χ4v) is 0.606. The average Bonchev–Trinajstić information content (AvgIpc) is 1.86. The van der Waals surface area contributed by atoms with Gasteiger partial charge >= 0.3 is 5.97 Å². The first-order valence-corrected chi connectivity index (χ1v) is 3.39. The van der Waals surface area contributed by atoms with Gasteiger partial charge in [0.1, 0.15) is 0 Å². The van der Waals surface area contributed by atoms with Crippen LogP contribution in [0.1, 0.15) is 20.3 Å². The molecule has 1 N–H and O–H groups in total. The first kappa shape index (κ1) is 8.76. The van der Waals surface area contributed by atoms with Crippen molar-refractivity contribution in [2.75, 3.05) is 5.88 Å². The molecule has 0 aliphatic rings. The van der Waals surface area contributed by atoms with Gasteiger partial charge in [-0.2, -0.15) is 0 Å². The van der Waals surface area contributed by atoms with Crippen LogP contribution in [0.2, 0.25) is 0 Å². The van der Waals surface area contributed by atoms with Gasteiger partial charge in [-0.25, -0.2) is 0 Å². The predicted octanol–water partition coefficient (Wildman–Crippen LogP) is 1.73. The molecule has 0 aromatic rings. The molecule has 54 valence electrons. The maximum Gasteiger partial charge on any atom is 0.310 e. The lowest BCUT2D eigenvalue weighted by molar-refractivity contribution is -0.146. The summed E-state index contributed by atoms with van der Waals surface area (Å²) in [5, 5.41) is 8.55. The van der Waals surface area contributed by atoms with Gasteiger partial charge in [-0.05, 0) is 13.3 Å². The minimum Gasteiger partial charge on any atom is -0.481 e. The molecule has 0 rings (SSSR count). The third-order valence-electron chi connectivity index (χ3n) is 1.59. The largest absolute Gasteiger partial charge is 0.481 e. The molecule has 0 heterocycles. The van der Waals surface area contributed by atoms with E-state index in [1.807, 2.05) is 6.92 Å². The Kier molecular flexibility index (Phi) is 2.98. The Morgan fingerprint density at radius 1 is 1.78 bits per heavy atom. The Labute approximate surface area is 59.8 Å². The average molecular weight is 151 g/mol.